The fraction of sp³-hybridized carbons (Fsp3) is 0.143. The number of pyridine rings is 1. The van der Waals surface area contributed by atoms with E-state index in [-0.39, 0.29) is 11.5 Å². The molecule has 4 nitrogen and oxygen atoms in total. The van der Waals surface area contributed by atoms with Gasteiger partial charge in [-0.05, 0) is 42.8 Å². The molecule has 0 radical (unpaired) electrons. The first-order valence-electron chi connectivity index (χ1n) is 5.75. The molecule has 2 N–H and O–H groups in total. The summed E-state index contributed by atoms with van der Waals surface area (Å²) < 4.78 is 13.1. The third kappa shape index (κ3) is 3.28. The summed E-state index contributed by atoms with van der Waals surface area (Å²) in [4.78, 5) is 14.8. The Hall–Kier alpha value is -2.43. The number of carbonyl (C=O) groups is 1. The van der Waals surface area contributed by atoms with Crippen LogP contribution in [0.4, 0.5) is 10.1 Å². The molecule has 0 atom stereocenters. The van der Waals surface area contributed by atoms with E-state index in [1.165, 1.54) is 12.1 Å². The zero-order valence-corrected chi connectivity index (χ0v) is 10.4. The molecule has 1 heterocycles. The maximum absolute atomic E-state index is 13.1. The highest BCUT2D eigenvalue weighted by atomic mass is 19.1. The Morgan fingerprint density at radius 3 is 2.84 bits per heavy atom. The van der Waals surface area contributed by atoms with E-state index in [9.17, 15) is 9.18 Å². The minimum absolute atomic E-state index is 0.00888. The first-order chi connectivity index (χ1) is 9.06. The molecule has 0 amide bonds. The zero-order valence-electron chi connectivity index (χ0n) is 10.4. The first-order valence-corrected chi connectivity index (χ1v) is 5.75. The molecule has 5 heteroatoms. The van der Waals surface area contributed by atoms with Crippen LogP contribution >= 0.6 is 0 Å². The van der Waals surface area contributed by atoms with Crippen LogP contribution in [0.15, 0.2) is 36.4 Å². The Labute approximate surface area is 109 Å². The Morgan fingerprint density at radius 1 is 1.37 bits per heavy atom. The molecule has 1 aromatic carbocycles. The second-order valence-corrected chi connectivity index (χ2v) is 4.14. The molecule has 1 aromatic heterocycles. The van der Waals surface area contributed by atoms with Crippen LogP contribution in [-0.2, 0) is 6.54 Å². The second-order valence-electron chi connectivity index (χ2n) is 4.14. The van der Waals surface area contributed by atoms with Crippen LogP contribution in [-0.4, -0.2) is 16.1 Å². The number of aromatic nitrogens is 1. The van der Waals surface area contributed by atoms with Gasteiger partial charge in [-0.2, -0.15) is 0 Å². The van der Waals surface area contributed by atoms with Gasteiger partial charge < -0.3 is 10.4 Å². The van der Waals surface area contributed by atoms with Crippen molar-refractivity contribution >= 4 is 11.7 Å². The van der Waals surface area contributed by atoms with Crippen molar-refractivity contribution in [3.8, 4) is 0 Å². The largest absolute Gasteiger partial charge is 0.477 e. The van der Waals surface area contributed by atoms with Crippen molar-refractivity contribution in [3.63, 3.8) is 0 Å². The molecule has 0 aliphatic rings. The van der Waals surface area contributed by atoms with Gasteiger partial charge in [-0.25, -0.2) is 14.2 Å². The van der Waals surface area contributed by atoms with Crippen LogP contribution in [0, 0.1) is 12.7 Å². The first kappa shape index (κ1) is 13.0. The van der Waals surface area contributed by atoms with Crippen molar-refractivity contribution in [2.24, 2.45) is 0 Å². The van der Waals surface area contributed by atoms with E-state index in [1.807, 2.05) is 0 Å². The molecule has 0 aliphatic heterocycles. The molecule has 19 heavy (non-hydrogen) atoms. The van der Waals surface area contributed by atoms with Crippen LogP contribution in [0.25, 0.3) is 0 Å². The van der Waals surface area contributed by atoms with Crippen molar-refractivity contribution in [2.45, 2.75) is 13.5 Å². The summed E-state index contributed by atoms with van der Waals surface area (Å²) >= 11 is 0. The number of halogens is 1. The molecule has 0 saturated heterocycles. The highest BCUT2D eigenvalue weighted by Gasteiger charge is 2.05. The zero-order chi connectivity index (χ0) is 13.8. The lowest BCUT2D eigenvalue weighted by molar-refractivity contribution is 0.0690. The number of nitrogens with one attached hydrogen (secondary N) is 1. The van der Waals surface area contributed by atoms with E-state index in [4.69, 9.17) is 5.11 Å². The third-order valence-electron chi connectivity index (χ3n) is 2.66. The summed E-state index contributed by atoms with van der Waals surface area (Å²) in [5.74, 6) is -1.31. The number of aryl methyl sites for hydroxylation is 1. The smallest absolute Gasteiger partial charge is 0.354 e. The van der Waals surface area contributed by atoms with Crippen LogP contribution < -0.4 is 5.32 Å². The van der Waals surface area contributed by atoms with Crippen LogP contribution in [0.2, 0.25) is 0 Å². The van der Waals surface area contributed by atoms with Gasteiger partial charge in [-0.3, -0.25) is 0 Å². The van der Waals surface area contributed by atoms with Crippen LogP contribution in [0.1, 0.15) is 21.7 Å². The van der Waals surface area contributed by atoms with Gasteiger partial charge in [-0.15, -0.1) is 0 Å². The Morgan fingerprint density at radius 2 is 2.16 bits per heavy atom. The number of benzene rings is 1. The minimum atomic E-state index is -1.06. The summed E-state index contributed by atoms with van der Waals surface area (Å²) in [6.07, 6.45) is 0. The third-order valence-corrected chi connectivity index (χ3v) is 2.66. The number of rotatable bonds is 4. The molecule has 2 rings (SSSR count). The fourth-order valence-electron chi connectivity index (χ4n) is 1.64. The lowest BCUT2D eigenvalue weighted by Crippen LogP contribution is -2.06. The van der Waals surface area contributed by atoms with Gasteiger partial charge in [0.25, 0.3) is 0 Å². The number of aromatic carboxylic acids is 1. The van der Waals surface area contributed by atoms with Gasteiger partial charge in [0, 0.05) is 5.69 Å². The van der Waals surface area contributed by atoms with Crippen LogP contribution in [0.5, 0.6) is 0 Å². The predicted octanol–water partition coefficient (Wildman–Crippen LogP) is 2.84. The second kappa shape index (κ2) is 5.48. The number of hydrogen-bond acceptors (Lipinski definition) is 3. The minimum Gasteiger partial charge on any atom is -0.477 e. The number of carboxylic acids is 1. The quantitative estimate of drug-likeness (QED) is 0.887. The highest BCUT2D eigenvalue weighted by molar-refractivity contribution is 5.85. The van der Waals surface area contributed by atoms with E-state index in [1.54, 1.807) is 31.2 Å². The van der Waals surface area contributed by atoms with E-state index in [0.717, 1.165) is 5.69 Å². The molecule has 0 fully saturated rings. The van der Waals surface area contributed by atoms with Gasteiger partial charge in [0.05, 0.1) is 12.2 Å². The van der Waals surface area contributed by atoms with E-state index in [0.29, 0.717) is 17.8 Å². The summed E-state index contributed by atoms with van der Waals surface area (Å²) in [6.45, 7) is 2.07. The lowest BCUT2D eigenvalue weighted by atomic mass is 10.2. The van der Waals surface area contributed by atoms with Gasteiger partial charge in [0.2, 0.25) is 0 Å². The molecule has 0 bridgehead atoms. The Kier molecular flexibility index (Phi) is 3.75. The number of nitrogens with zero attached hydrogens (tertiary/aromatic N) is 1. The Balaban J connectivity index is 2.07. The molecule has 0 spiro atoms. The lowest BCUT2D eigenvalue weighted by Gasteiger charge is -2.07. The van der Waals surface area contributed by atoms with Gasteiger partial charge >= 0.3 is 5.97 Å². The molecular formula is C14H13FN2O2. The number of carboxylic acid groups (broad SMARTS) is 1. The number of hydrogen-bond donors (Lipinski definition) is 2. The van der Waals surface area contributed by atoms with Crippen molar-refractivity contribution < 1.29 is 14.3 Å². The number of anilines is 1. The summed E-state index contributed by atoms with van der Waals surface area (Å²) in [7, 11) is 0. The Bertz CT molecular complexity index is 614. The van der Waals surface area contributed by atoms with Gasteiger partial charge in [-0.1, -0.05) is 6.07 Å². The normalized spacial score (nSPS) is 10.2. The highest BCUT2D eigenvalue weighted by Crippen LogP contribution is 2.14. The van der Waals surface area contributed by atoms with Gasteiger partial charge in [0.1, 0.15) is 11.5 Å². The summed E-state index contributed by atoms with van der Waals surface area (Å²) in [5.41, 5.74) is 1.94. The fourth-order valence-corrected chi connectivity index (χ4v) is 1.64. The molecule has 0 unspecified atom stereocenters. The molecule has 0 saturated carbocycles. The topological polar surface area (TPSA) is 62.2 Å². The average Bonchev–Trinajstić information content (AvgIpc) is 2.40. The van der Waals surface area contributed by atoms with Crippen molar-refractivity contribution in [3.05, 3.63) is 59.2 Å². The molecule has 98 valence electrons. The predicted molar refractivity (Wildman–Crippen MR) is 69.7 cm³/mol. The van der Waals surface area contributed by atoms with Gasteiger partial charge in [0.15, 0.2) is 0 Å². The summed E-state index contributed by atoms with van der Waals surface area (Å²) in [5, 5.41) is 11.9. The van der Waals surface area contributed by atoms with E-state index in [2.05, 4.69) is 10.3 Å². The van der Waals surface area contributed by atoms with Crippen molar-refractivity contribution in [2.75, 3.05) is 5.32 Å². The van der Waals surface area contributed by atoms with E-state index >= 15 is 0 Å². The monoisotopic (exact) mass is 260 g/mol. The molecule has 0 aliphatic carbocycles. The maximum atomic E-state index is 13.1. The standard InChI is InChI=1S/C14H13FN2O2/c1-9-7-10(5-6-12(9)15)16-8-11-3-2-4-13(17-11)14(18)19/h2-7,16H,8H2,1H3,(H,18,19). The average molecular weight is 260 g/mol. The summed E-state index contributed by atoms with van der Waals surface area (Å²) in [6, 6.07) is 9.52. The van der Waals surface area contributed by atoms with Crippen LogP contribution in [0.3, 0.4) is 0 Å². The van der Waals surface area contributed by atoms with Crippen molar-refractivity contribution in [1.29, 1.82) is 0 Å². The SMILES string of the molecule is Cc1cc(NCc2cccc(C(=O)O)n2)ccc1F. The van der Waals surface area contributed by atoms with E-state index < -0.39 is 5.97 Å². The van der Waals surface area contributed by atoms with Crippen molar-refractivity contribution in [1.82, 2.24) is 4.98 Å². The molecule has 2 aromatic rings. The molecular weight excluding hydrogens is 247 g/mol. The maximum Gasteiger partial charge on any atom is 0.354 e.